The lowest BCUT2D eigenvalue weighted by molar-refractivity contribution is 0.0472. The zero-order chi connectivity index (χ0) is 15.4. The summed E-state index contributed by atoms with van der Waals surface area (Å²) in [5.41, 5.74) is 0.185. The van der Waals surface area contributed by atoms with Gasteiger partial charge >= 0.3 is 5.97 Å². The van der Waals surface area contributed by atoms with Crippen molar-refractivity contribution in [3.63, 3.8) is 0 Å². The maximum Gasteiger partial charge on any atom is 0.342 e. The molecule has 0 aliphatic heterocycles. The maximum absolute atomic E-state index is 12.0. The summed E-state index contributed by atoms with van der Waals surface area (Å²) in [5, 5.41) is 0.385. The highest BCUT2D eigenvalue weighted by atomic mass is 79.9. The fourth-order valence-electron chi connectivity index (χ4n) is 1.58. The summed E-state index contributed by atoms with van der Waals surface area (Å²) in [6.45, 7) is -0.332. The van der Waals surface area contributed by atoms with E-state index in [4.69, 9.17) is 21.1 Å². The summed E-state index contributed by atoms with van der Waals surface area (Å²) in [6, 6.07) is 8.04. The Morgan fingerprint density at radius 2 is 2.05 bits per heavy atom. The van der Waals surface area contributed by atoms with Crippen LogP contribution in [0.3, 0.4) is 0 Å². The first kappa shape index (κ1) is 16.0. The number of methoxy groups -OCH3 is 1. The number of hydrogen-bond donors (Lipinski definition) is 0. The van der Waals surface area contributed by atoms with Crippen LogP contribution in [0.1, 0.15) is 20.0 Å². The quantitative estimate of drug-likeness (QED) is 0.568. The van der Waals surface area contributed by atoms with E-state index in [0.29, 0.717) is 15.6 Å². The molecular weight excluding hydrogens is 380 g/mol. The number of hydrogen-bond acceptors (Lipinski definition) is 5. The Hall–Kier alpha value is -1.37. The van der Waals surface area contributed by atoms with Gasteiger partial charge < -0.3 is 9.47 Å². The molecule has 0 bridgehead atoms. The van der Waals surface area contributed by atoms with Gasteiger partial charge in [-0.05, 0) is 46.3 Å². The Bertz CT molecular complexity index is 683. The second-order valence-corrected chi connectivity index (χ2v) is 6.85. The first-order chi connectivity index (χ1) is 10.0. The summed E-state index contributed by atoms with van der Waals surface area (Å²) in [5.74, 6) is -0.575. The summed E-state index contributed by atoms with van der Waals surface area (Å²) in [7, 11) is 1.44. The van der Waals surface area contributed by atoms with E-state index in [-0.39, 0.29) is 18.0 Å². The third-order valence-electron chi connectivity index (χ3n) is 2.56. The van der Waals surface area contributed by atoms with Crippen molar-refractivity contribution in [3.05, 3.63) is 49.6 Å². The molecular formula is C14H10BrClO4S. The van der Waals surface area contributed by atoms with E-state index in [1.54, 1.807) is 24.3 Å². The van der Waals surface area contributed by atoms with Crippen molar-refractivity contribution >= 4 is 50.6 Å². The molecule has 1 heterocycles. The lowest BCUT2D eigenvalue weighted by atomic mass is 10.2. The van der Waals surface area contributed by atoms with E-state index in [9.17, 15) is 9.59 Å². The molecule has 0 aliphatic rings. The number of halogens is 2. The molecule has 0 aliphatic carbocycles. The molecule has 0 atom stereocenters. The molecule has 0 radical (unpaired) electrons. The highest BCUT2D eigenvalue weighted by Gasteiger charge is 2.17. The monoisotopic (exact) mass is 388 g/mol. The molecule has 1 aromatic heterocycles. The van der Waals surface area contributed by atoms with E-state index in [2.05, 4.69) is 15.9 Å². The van der Waals surface area contributed by atoms with Gasteiger partial charge in [0, 0.05) is 5.02 Å². The fourth-order valence-corrected chi connectivity index (χ4v) is 3.07. The van der Waals surface area contributed by atoms with Crippen molar-refractivity contribution in [1.82, 2.24) is 0 Å². The van der Waals surface area contributed by atoms with Gasteiger partial charge in [-0.1, -0.05) is 11.6 Å². The van der Waals surface area contributed by atoms with Crippen LogP contribution in [0.4, 0.5) is 0 Å². The summed E-state index contributed by atoms with van der Waals surface area (Å²) in [6.07, 6.45) is 0. The number of ether oxygens (including phenoxy) is 2. The number of esters is 1. The molecule has 7 heteroatoms. The van der Waals surface area contributed by atoms with Gasteiger partial charge in [-0.25, -0.2) is 4.79 Å². The van der Waals surface area contributed by atoms with Crippen molar-refractivity contribution in [3.8, 4) is 5.75 Å². The topological polar surface area (TPSA) is 52.6 Å². The number of ketones is 1. The van der Waals surface area contributed by atoms with Crippen LogP contribution in [0.5, 0.6) is 5.75 Å². The molecule has 0 unspecified atom stereocenters. The van der Waals surface area contributed by atoms with Gasteiger partial charge in [0.25, 0.3) is 0 Å². The van der Waals surface area contributed by atoms with E-state index in [1.165, 1.54) is 24.5 Å². The zero-order valence-electron chi connectivity index (χ0n) is 10.9. The van der Waals surface area contributed by atoms with Crippen molar-refractivity contribution in [1.29, 1.82) is 0 Å². The lowest BCUT2D eigenvalue weighted by Gasteiger charge is -2.08. The Kier molecular flexibility index (Phi) is 5.39. The minimum absolute atomic E-state index is 0.185. The standard InChI is InChI=1S/C14H10BrClO4S/c1-19-11-3-2-8(16)6-9(11)14(18)20-7-10(17)12-4-5-13(15)21-12/h2-6H,7H2,1H3. The smallest absolute Gasteiger partial charge is 0.342 e. The van der Waals surface area contributed by atoms with Crippen LogP contribution >= 0.6 is 38.9 Å². The molecule has 0 N–H and O–H groups in total. The molecule has 21 heavy (non-hydrogen) atoms. The summed E-state index contributed by atoms with van der Waals surface area (Å²) < 4.78 is 10.9. The van der Waals surface area contributed by atoms with Crippen molar-refractivity contribution in [2.45, 2.75) is 0 Å². The first-order valence-electron chi connectivity index (χ1n) is 5.80. The van der Waals surface area contributed by atoms with Crippen LogP contribution < -0.4 is 4.74 Å². The minimum atomic E-state index is -0.654. The molecule has 0 amide bonds. The SMILES string of the molecule is COc1ccc(Cl)cc1C(=O)OCC(=O)c1ccc(Br)s1. The average molecular weight is 390 g/mol. The van der Waals surface area contributed by atoms with Crippen LogP contribution in [-0.2, 0) is 4.74 Å². The van der Waals surface area contributed by atoms with Gasteiger partial charge in [0.1, 0.15) is 11.3 Å². The zero-order valence-corrected chi connectivity index (χ0v) is 14.0. The minimum Gasteiger partial charge on any atom is -0.496 e. The Morgan fingerprint density at radius 3 is 2.67 bits per heavy atom. The molecule has 4 nitrogen and oxygen atoms in total. The van der Waals surface area contributed by atoms with E-state index < -0.39 is 5.97 Å². The molecule has 0 saturated heterocycles. The Labute approximate surface area is 138 Å². The van der Waals surface area contributed by atoms with E-state index in [0.717, 1.165) is 3.79 Å². The van der Waals surface area contributed by atoms with Gasteiger partial charge in [-0.2, -0.15) is 0 Å². The van der Waals surface area contributed by atoms with Gasteiger partial charge in [-0.15, -0.1) is 11.3 Å². The van der Waals surface area contributed by atoms with Gasteiger partial charge in [0.2, 0.25) is 5.78 Å². The number of carbonyl (C=O) groups is 2. The molecule has 110 valence electrons. The highest BCUT2D eigenvalue weighted by molar-refractivity contribution is 9.11. The van der Waals surface area contributed by atoms with Crippen molar-refractivity contribution in [2.24, 2.45) is 0 Å². The Morgan fingerprint density at radius 1 is 1.29 bits per heavy atom. The van der Waals surface area contributed by atoms with Crippen LogP contribution in [-0.4, -0.2) is 25.5 Å². The summed E-state index contributed by atoms with van der Waals surface area (Å²) >= 11 is 10.4. The van der Waals surface area contributed by atoms with Crippen LogP contribution in [0.25, 0.3) is 0 Å². The maximum atomic E-state index is 12.0. The average Bonchev–Trinajstić information content (AvgIpc) is 2.91. The highest BCUT2D eigenvalue weighted by Crippen LogP contribution is 2.24. The van der Waals surface area contributed by atoms with Gasteiger partial charge in [0.15, 0.2) is 6.61 Å². The third kappa shape index (κ3) is 4.06. The molecule has 0 spiro atoms. The lowest BCUT2D eigenvalue weighted by Crippen LogP contribution is -2.14. The predicted molar refractivity (Wildman–Crippen MR) is 84.6 cm³/mol. The van der Waals surface area contributed by atoms with Crippen molar-refractivity contribution < 1.29 is 19.1 Å². The van der Waals surface area contributed by atoms with E-state index in [1.807, 2.05) is 0 Å². The number of carbonyl (C=O) groups excluding carboxylic acids is 2. The first-order valence-corrected chi connectivity index (χ1v) is 7.79. The molecule has 0 saturated carbocycles. The molecule has 0 fully saturated rings. The van der Waals surface area contributed by atoms with E-state index >= 15 is 0 Å². The van der Waals surface area contributed by atoms with Crippen LogP contribution in [0, 0.1) is 0 Å². The largest absolute Gasteiger partial charge is 0.496 e. The molecule has 2 rings (SSSR count). The predicted octanol–water partition coefficient (Wildman–Crippen LogP) is 4.21. The van der Waals surface area contributed by atoms with Gasteiger partial charge in [-0.3, -0.25) is 4.79 Å². The number of thiophene rings is 1. The molecule has 1 aromatic carbocycles. The van der Waals surface area contributed by atoms with Crippen LogP contribution in [0.2, 0.25) is 5.02 Å². The number of benzene rings is 1. The third-order valence-corrected chi connectivity index (χ3v) is 4.46. The molecule has 2 aromatic rings. The van der Waals surface area contributed by atoms with Gasteiger partial charge in [0.05, 0.1) is 15.8 Å². The number of Topliss-reactive ketones (excluding diaryl/α,β-unsaturated/α-hetero) is 1. The Balaban J connectivity index is 2.05. The number of rotatable bonds is 5. The normalized spacial score (nSPS) is 10.2. The summed E-state index contributed by atoms with van der Waals surface area (Å²) in [4.78, 5) is 24.4. The van der Waals surface area contributed by atoms with Crippen LogP contribution in [0.15, 0.2) is 34.1 Å². The second-order valence-electron chi connectivity index (χ2n) is 3.95. The van der Waals surface area contributed by atoms with Crippen molar-refractivity contribution in [2.75, 3.05) is 13.7 Å². The fraction of sp³-hybridized carbons (Fsp3) is 0.143. The second kappa shape index (κ2) is 7.06.